The quantitative estimate of drug-likeness (QED) is 0.670. The van der Waals surface area contributed by atoms with E-state index in [0.717, 1.165) is 0 Å². The number of nitrogens with one attached hydrogen (secondary N) is 1. The number of nitrogens with zero attached hydrogens (tertiary/aromatic N) is 1. The average Bonchev–Trinajstić information content (AvgIpc) is 2.30. The molecule has 0 aliphatic rings. The van der Waals surface area contributed by atoms with Crippen molar-refractivity contribution < 1.29 is 0 Å². The second-order valence-electron chi connectivity index (χ2n) is 3.84. The monoisotopic (exact) mass is 216 g/mol. The van der Waals surface area contributed by atoms with Gasteiger partial charge in [-0.25, -0.2) is 0 Å². The molecule has 0 aliphatic carbocycles. The summed E-state index contributed by atoms with van der Waals surface area (Å²) < 4.78 is 0. The normalized spacial score (nSPS) is 12.2. The second-order valence-corrected chi connectivity index (χ2v) is 3.84. The molecular formula is C13H32N2. The maximum absolute atomic E-state index is 3.34. The first-order valence-corrected chi connectivity index (χ1v) is 6.60. The molecule has 15 heavy (non-hydrogen) atoms. The molecule has 1 unspecified atom stereocenters. The van der Waals surface area contributed by atoms with Crippen LogP contribution in [-0.4, -0.2) is 38.1 Å². The minimum atomic E-state index is 0.698. The van der Waals surface area contributed by atoms with Gasteiger partial charge in [0.2, 0.25) is 0 Å². The zero-order valence-electron chi connectivity index (χ0n) is 11.8. The van der Waals surface area contributed by atoms with Crippen LogP contribution < -0.4 is 5.32 Å². The lowest BCUT2D eigenvalue weighted by Crippen LogP contribution is -2.30. The van der Waals surface area contributed by atoms with Crippen molar-refractivity contribution in [1.29, 1.82) is 0 Å². The molecule has 0 radical (unpaired) electrons. The maximum atomic E-state index is 3.34. The third-order valence-corrected chi connectivity index (χ3v) is 2.65. The summed E-state index contributed by atoms with van der Waals surface area (Å²) in [6, 6.07) is 0.698. The Bertz CT molecular complexity index is 101. The standard InChI is InChI=1S/C11H26N2.C2H6/c1-5-7-9-13(4)10-8-11(6-2)12-3;1-2/h11-12H,5-10H2,1-4H3;1-2H3. The minimum Gasteiger partial charge on any atom is -0.317 e. The summed E-state index contributed by atoms with van der Waals surface area (Å²) >= 11 is 0. The fourth-order valence-electron chi connectivity index (χ4n) is 1.47. The molecule has 0 heterocycles. The van der Waals surface area contributed by atoms with Crippen LogP contribution in [0.1, 0.15) is 53.4 Å². The molecule has 1 atom stereocenters. The first-order chi connectivity index (χ1) is 7.24. The van der Waals surface area contributed by atoms with Gasteiger partial charge in [0.25, 0.3) is 0 Å². The highest BCUT2D eigenvalue weighted by atomic mass is 15.1. The first kappa shape index (κ1) is 17.3. The highest BCUT2D eigenvalue weighted by Gasteiger charge is 2.04. The summed E-state index contributed by atoms with van der Waals surface area (Å²) in [4.78, 5) is 2.43. The number of unbranched alkanes of at least 4 members (excludes halogenated alkanes) is 1. The van der Waals surface area contributed by atoms with E-state index >= 15 is 0 Å². The Kier molecular flexibility index (Phi) is 16.1. The van der Waals surface area contributed by atoms with Gasteiger partial charge in [-0.2, -0.15) is 0 Å². The molecular weight excluding hydrogens is 184 g/mol. The van der Waals surface area contributed by atoms with Crippen molar-refractivity contribution in [3.8, 4) is 0 Å². The summed E-state index contributed by atoms with van der Waals surface area (Å²) in [6.45, 7) is 11.0. The van der Waals surface area contributed by atoms with Crippen molar-refractivity contribution >= 4 is 0 Å². The third-order valence-electron chi connectivity index (χ3n) is 2.65. The Morgan fingerprint density at radius 3 is 2.13 bits per heavy atom. The van der Waals surface area contributed by atoms with Crippen LogP contribution in [0.25, 0.3) is 0 Å². The van der Waals surface area contributed by atoms with E-state index in [9.17, 15) is 0 Å². The molecule has 0 fully saturated rings. The van der Waals surface area contributed by atoms with Crippen molar-refractivity contribution in [1.82, 2.24) is 10.2 Å². The van der Waals surface area contributed by atoms with E-state index in [2.05, 4.69) is 38.2 Å². The van der Waals surface area contributed by atoms with Crippen LogP contribution in [0.3, 0.4) is 0 Å². The van der Waals surface area contributed by atoms with E-state index in [0.29, 0.717) is 6.04 Å². The highest BCUT2D eigenvalue weighted by Crippen LogP contribution is 1.99. The van der Waals surface area contributed by atoms with Gasteiger partial charge in [0.05, 0.1) is 0 Å². The number of hydrogen-bond acceptors (Lipinski definition) is 2. The molecule has 0 spiro atoms. The van der Waals surface area contributed by atoms with Gasteiger partial charge in [0.1, 0.15) is 0 Å². The van der Waals surface area contributed by atoms with Gasteiger partial charge in [0, 0.05) is 6.04 Å². The SMILES string of the molecule is CC.CCCCN(C)CCC(CC)NC. The lowest BCUT2D eigenvalue weighted by atomic mass is 10.1. The molecule has 0 rings (SSSR count). The van der Waals surface area contributed by atoms with E-state index in [-0.39, 0.29) is 0 Å². The van der Waals surface area contributed by atoms with Crippen molar-refractivity contribution in [3.63, 3.8) is 0 Å². The van der Waals surface area contributed by atoms with E-state index in [1.165, 1.54) is 38.8 Å². The Balaban J connectivity index is 0. The van der Waals surface area contributed by atoms with Crippen LogP contribution in [-0.2, 0) is 0 Å². The molecule has 2 nitrogen and oxygen atoms in total. The molecule has 0 bridgehead atoms. The Morgan fingerprint density at radius 2 is 1.73 bits per heavy atom. The van der Waals surface area contributed by atoms with Crippen LogP contribution in [0.2, 0.25) is 0 Å². The summed E-state index contributed by atoms with van der Waals surface area (Å²) in [6.07, 6.45) is 5.13. The summed E-state index contributed by atoms with van der Waals surface area (Å²) in [5, 5.41) is 3.34. The smallest absolute Gasteiger partial charge is 0.00736 e. The van der Waals surface area contributed by atoms with Gasteiger partial charge >= 0.3 is 0 Å². The number of rotatable bonds is 8. The van der Waals surface area contributed by atoms with Crippen LogP contribution in [0.5, 0.6) is 0 Å². The van der Waals surface area contributed by atoms with Gasteiger partial charge in [0.15, 0.2) is 0 Å². The van der Waals surface area contributed by atoms with E-state index < -0.39 is 0 Å². The second kappa shape index (κ2) is 13.9. The van der Waals surface area contributed by atoms with Gasteiger partial charge in [-0.1, -0.05) is 34.1 Å². The fraction of sp³-hybridized carbons (Fsp3) is 1.00. The average molecular weight is 216 g/mol. The van der Waals surface area contributed by atoms with Crippen LogP contribution >= 0.6 is 0 Å². The van der Waals surface area contributed by atoms with E-state index in [1.807, 2.05) is 13.8 Å². The molecule has 0 amide bonds. The van der Waals surface area contributed by atoms with E-state index in [4.69, 9.17) is 0 Å². The Hall–Kier alpha value is -0.0800. The zero-order valence-corrected chi connectivity index (χ0v) is 11.8. The molecule has 2 heteroatoms. The summed E-state index contributed by atoms with van der Waals surface area (Å²) in [7, 11) is 4.28. The van der Waals surface area contributed by atoms with Gasteiger partial charge in [-0.15, -0.1) is 0 Å². The molecule has 0 aromatic rings. The maximum Gasteiger partial charge on any atom is 0.00736 e. The highest BCUT2D eigenvalue weighted by molar-refractivity contribution is 4.64. The van der Waals surface area contributed by atoms with E-state index in [1.54, 1.807) is 0 Å². The van der Waals surface area contributed by atoms with Crippen molar-refractivity contribution in [2.45, 2.75) is 59.4 Å². The third kappa shape index (κ3) is 11.8. The largest absolute Gasteiger partial charge is 0.317 e. The first-order valence-electron chi connectivity index (χ1n) is 6.60. The predicted molar refractivity (Wildman–Crippen MR) is 71.5 cm³/mol. The minimum absolute atomic E-state index is 0.698. The topological polar surface area (TPSA) is 15.3 Å². The molecule has 0 saturated carbocycles. The van der Waals surface area contributed by atoms with Crippen molar-refractivity contribution in [3.05, 3.63) is 0 Å². The lowest BCUT2D eigenvalue weighted by Gasteiger charge is -2.20. The van der Waals surface area contributed by atoms with Gasteiger partial charge in [-0.3, -0.25) is 0 Å². The zero-order chi connectivity index (χ0) is 12.1. The van der Waals surface area contributed by atoms with Crippen molar-refractivity contribution in [2.75, 3.05) is 27.2 Å². The lowest BCUT2D eigenvalue weighted by molar-refractivity contribution is 0.303. The fourth-order valence-corrected chi connectivity index (χ4v) is 1.47. The molecule has 0 aromatic carbocycles. The van der Waals surface area contributed by atoms with Gasteiger partial charge < -0.3 is 10.2 Å². The molecule has 94 valence electrons. The van der Waals surface area contributed by atoms with Crippen LogP contribution in [0.4, 0.5) is 0 Å². The van der Waals surface area contributed by atoms with Crippen molar-refractivity contribution in [2.24, 2.45) is 0 Å². The van der Waals surface area contributed by atoms with Crippen LogP contribution in [0, 0.1) is 0 Å². The van der Waals surface area contributed by atoms with Gasteiger partial charge in [-0.05, 0) is 46.4 Å². The van der Waals surface area contributed by atoms with Crippen LogP contribution in [0.15, 0.2) is 0 Å². The summed E-state index contributed by atoms with van der Waals surface area (Å²) in [5.74, 6) is 0. The predicted octanol–water partition coefficient (Wildman–Crippen LogP) is 3.13. The molecule has 0 aliphatic heterocycles. The Labute approximate surface area is 97.4 Å². The Morgan fingerprint density at radius 1 is 1.13 bits per heavy atom. The molecule has 0 aromatic heterocycles. The number of hydrogen-bond donors (Lipinski definition) is 1. The molecule has 0 saturated heterocycles. The summed E-state index contributed by atoms with van der Waals surface area (Å²) in [5.41, 5.74) is 0. The molecule has 1 N–H and O–H groups in total.